The first kappa shape index (κ1) is 17.2. The van der Waals surface area contributed by atoms with Crippen molar-refractivity contribution in [1.82, 2.24) is 4.98 Å². The summed E-state index contributed by atoms with van der Waals surface area (Å²) in [6.45, 7) is 9.50. The van der Waals surface area contributed by atoms with Crippen molar-refractivity contribution in [2.24, 2.45) is 5.92 Å². The Balaban J connectivity index is 1.73. The van der Waals surface area contributed by atoms with E-state index in [1.807, 2.05) is 38.7 Å². The second-order valence-corrected chi connectivity index (χ2v) is 7.64. The molecule has 3 heterocycles. The zero-order valence-electron chi connectivity index (χ0n) is 14.7. The fourth-order valence-corrected chi connectivity index (χ4v) is 2.99. The summed E-state index contributed by atoms with van der Waals surface area (Å²) in [5, 5.41) is 8.64. The predicted molar refractivity (Wildman–Crippen MR) is 90.5 cm³/mol. The van der Waals surface area contributed by atoms with E-state index >= 15 is 0 Å². The van der Waals surface area contributed by atoms with E-state index in [0.29, 0.717) is 23.6 Å². The van der Waals surface area contributed by atoms with Crippen LogP contribution in [-0.2, 0) is 9.31 Å². The van der Waals surface area contributed by atoms with Gasteiger partial charge in [-0.1, -0.05) is 0 Å². The molecule has 0 saturated carbocycles. The van der Waals surface area contributed by atoms with Crippen LogP contribution in [-0.4, -0.2) is 36.4 Å². The van der Waals surface area contributed by atoms with E-state index in [9.17, 15) is 4.39 Å². The van der Waals surface area contributed by atoms with E-state index < -0.39 is 24.3 Å². The van der Waals surface area contributed by atoms with Crippen molar-refractivity contribution in [2.75, 3.05) is 18.0 Å². The molecule has 0 aromatic carbocycles. The zero-order chi connectivity index (χ0) is 17.5. The van der Waals surface area contributed by atoms with Gasteiger partial charge in [-0.05, 0) is 57.6 Å². The molecule has 24 heavy (non-hydrogen) atoms. The van der Waals surface area contributed by atoms with Crippen molar-refractivity contribution in [3.8, 4) is 6.07 Å². The second-order valence-electron chi connectivity index (χ2n) is 7.64. The first-order valence-corrected chi connectivity index (χ1v) is 8.37. The quantitative estimate of drug-likeness (QED) is 0.626. The third kappa shape index (κ3) is 3.13. The highest BCUT2D eigenvalue weighted by molar-refractivity contribution is 6.62. The zero-order valence-corrected chi connectivity index (χ0v) is 14.7. The molecule has 0 atom stereocenters. The normalized spacial score (nSPS) is 22.3. The molecule has 0 spiro atoms. The number of aromatic nitrogens is 1. The topological polar surface area (TPSA) is 58.4 Å². The number of hydrogen-bond donors (Lipinski definition) is 0. The monoisotopic (exact) mass is 331 g/mol. The number of halogens is 1. The first-order chi connectivity index (χ1) is 11.2. The number of anilines is 1. The first-order valence-electron chi connectivity index (χ1n) is 8.37. The molecule has 0 bridgehead atoms. The lowest BCUT2D eigenvalue weighted by molar-refractivity contribution is 0.00578. The van der Waals surface area contributed by atoms with Gasteiger partial charge in [0, 0.05) is 19.5 Å². The van der Waals surface area contributed by atoms with Gasteiger partial charge in [-0.3, -0.25) is 0 Å². The Morgan fingerprint density at radius 3 is 2.50 bits per heavy atom. The molecule has 3 rings (SSSR count). The van der Waals surface area contributed by atoms with Crippen LogP contribution in [0.15, 0.2) is 12.1 Å². The number of pyridine rings is 1. The van der Waals surface area contributed by atoms with Gasteiger partial charge in [-0.25, -0.2) is 4.98 Å². The lowest BCUT2D eigenvalue weighted by Gasteiger charge is -2.40. The van der Waals surface area contributed by atoms with Gasteiger partial charge < -0.3 is 14.2 Å². The third-order valence-corrected chi connectivity index (χ3v) is 5.27. The lowest BCUT2D eigenvalue weighted by Crippen LogP contribution is -2.48. The standard InChI is InChI=1S/C17H23BFN3O2/c1-16(2)17(3,4)24-18(23-16)13-8-14(19)21-15(9-13)22-10-12(11-22)6-5-7-20/h8-9,12H,5-6,10-11H2,1-4H3. The van der Waals surface area contributed by atoms with Crippen LogP contribution in [0.1, 0.15) is 40.5 Å². The van der Waals surface area contributed by atoms with Crippen LogP contribution in [0, 0.1) is 23.2 Å². The molecule has 128 valence electrons. The molecule has 1 aromatic heterocycles. The van der Waals surface area contributed by atoms with E-state index in [4.69, 9.17) is 14.6 Å². The molecular weight excluding hydrogens is 308 g/mol. The maximum atomic E-state index is 14.0. The minimum absolute atomic E-state index is 0.462. The lowest BCUT2D eigenvalue weighted by atomic mass is 9.79. The van der Waals surface area contributed by atoms with Gasteiger partial charge in [0.1, 0.15) is 5.82 Å². The van der Waals surface area contributed by atoms with Crippen LogP contribution in [0.25, 0.3) is 0 Å². The molecule has 2 aliphatic rings. The maximum Gasteiger partial charge on any atom is 0.495 e. The van der Waals surface area contributed by atoms with Crippen LogP contribution >= 0.6 is 0 Å². The van der Waals surface area contributed by atoms with E-state index in [0.717, 1.165) is 19.5 Å². The Morgan fingerprint density at radius 2 is 1.92 bits per heavy atom. The summed E-state index contributed by atoms with van der Waals surface area (Å²) in [4.78, 5) is 6.03. The molecular formula is C17H23BFN3O2. The molecule has 0 unspecified atom stereocenters. The molecule has 5 nitrogen and oxygen atoms in total. The number of hydrogen-bond acceptors (Lipinski definition) is 5. The SMILES string of the molecule is CC1(C)OB(c2cc(F)nc(N3CC(CCC#N)C3)c2)OC1(C)C. The Bertz CT molecular complexity index is 652. The molecule has 2 fully saturated rings. The van der Waals surface area contributed by atoms with Gasteiger partial charge >= 0.3 is 7.12 Å². The summed E-state index contributed by atoms with van der Waals surface area (Å²) in [7, 11) is -0.595. The average molecular weight is 331 g/mol. The minimum Gasteiger partial charge on any atom is -0.399 e. The number of nitriles is 1. The highest BCUT2D eigenvalue weighted by Crippen LogP contribution is 2.36. The summed E-state index contributed by atoms with van der Waals surface area (Å²) >= 11 is 0. The van der Waals surface area contributed by atoms with Gasteiger partial charge in [-0.15, -0.1) is 0 Å². The van der Waals surface area contributed by atoms with E-state index in [2.05, 4.69) is 11.1 Å². The molecule has 0 radical (unpaired) electrons. The Kier molecular flexibility index (Phi) is 4.31. The van der Waals surface area contributed by atoms with Crippen molar-refractivity contribution in [1.29, 1.82) is 5.26 Å². The van der Waals surface area contributed by atoms with Crippen molar-refractivity contribution in [3.63, 3.8) is 0 Å². The Labute approximate surface area is 142 Å². The molecule has 2 saturated heterocycles. The molecule has 7 heteroatoms. The van der Waals surface area contributed by atoms with Crippen LogP contribution in [0.5, 0.6) is 0 Å². The molecule has 0 aliphatic carbocycles. The van der Waals surface area contributed by atoms with Crippen LogP contribution in [0.3, 0.4) is 0 Å². The molecule has 0 N–H and O–H groups in total. The Morgan fingerprint density at radius 1 is 1.29 bits per heavy atom. The smallest absolute Gasteiger partial charge is 0.399 e. The summed E-state index contributed by atoms with van der Waals surface area (Å²) in [6, 6.07) is 5.38. The summed E-state index contributed by atoms with van der Waals surface area (Å²) in [6.07, 6.45) is 1.45. The van der Waals surface area contributed by atoms with Gasteiger partial charge in [0.05, 0.1) is 17.3 Å². The fourth-order valence-electron chi connectivity index (χ4n) is 2.99. The largest absolute Gasteiger partial charge is 0.495 e. The average Bonchev–Trinajstić information content (AvgIpc) is 2.65. The minimum atomic E-state index is -0.595. The molecule has 0 amide bonds. The molecule has 2 aliphatic heterocycles. The summed E-state index contributed by atoms with van der Waals surface area (Å²) < 4.78 is 26.0. The highest BCUT2D eigenvalue weighted by atomic mass is 19.1. The van der Waals surface area contributed by atoms with Crippen LogP contribution in [0.2, 0.25) is 0 Å². The highest BCUT2D eigenvalue weighted by Gasteiger charge is 2.52. The van der Waals surface area contributed by atoms with Gasteiger partial charge in [0.2, 0.25) is 5.95 Å². The number of rotatable bonds is 4. The van der Waals surface area contributed by atoms with Crippen molar-refractivity contribution in [3.05, 3.63) is 18.1 Å². The summed E-state index contributed by atoms with van der Waals surface area (Å²) in [5.41, 5.74) is -0.274. The van der Waals surface area contributed by atoms with Gasteiger partial charge in [0.25, 0.3) is 0 Å². The van der Waals surface area contributed by atoms with Crippen molar-refractivity contribution >= 4 is 18.4 Å². The molecule has 1 aromatic rings. The summed E-state index contributed by atoms with van der Waals surface area (Å²) in [5.74, 6) is 0.556. The van der Waals surface area contributed by atoms with Gasteiger partial charge in [0.15, 0.2) is 0 Å². The van der Waals surface area contributed by atoms with E-state index in [-0.39, 0.29) is 0 Å². The van der Waals surface area contributed by atoms with Crippen LogP contribution < -0.4 is 10.4 Å². The van der Waals surface area contributed by atoms with Crippen molar-refractivity contribution in [2.45, 2.75) is 51.7 Å². The van der Waals surface area contributed by atoms with E-state index in [1.54, 1.807) is 0 Å². The number of nitrogens with zero attached hydrogens (tertiary/aromatic N) is 3. The fraction of sp³-hybridized carbons (Fsp3) is 0.647. The van der Waals surface area contributed by atoms with Crippen molar-refractivity contribution < 1.29 is 13.7 Å². The second kappa shape index (κ2) is 6.01. The third-order valence-electron chi connectivity index (χ3n) is 5.27. The predicted octanol–water partition coefficient (Wildman–Crippen LogP) is 2.26. The maximum absolute atomic E-state index is 14.0. The van der Waals surface area contributed by atoms with Gasteiger partial charge in [-0.2, -0.15) is 9.65 Å². The Hall–Kier alpha value is -1.65. The van der Waals surface area contributed by atoms with E-state index in [1.165, 1.54) is 6.07 Å². The van der Waals surface area contributed by atoms with Crippen LogP contribution in [0.4, 0.5) is 10.2 Å².